The predicted molar refractivity (Wildman–Crippen MR) is 117 cm³/mol. The van der Waals surface area contributed by atoms with Crippen LogP contribution in [0.2, 0.25) is 0 Å². The van der Waals surface area contributed by atoms with Gasteiger partial charge < -0.3 is 21.7 Å². The molecule has 0 saturated carbocycles. The smallest absolute Gasteiger partial charge is 0.251 e. The van der Waals surface area contributed by atoms with E-state index >= 15 is 0 Å². The summed E-state index contributed by atoms with van der Waals surface area (Å²) in [5, 5.41) is 3.70. The molecule has 0 aliphatic carbocycles. The SMILES string of the molecule is CCCC(C)NC(=O)c1ccc(N(C)Cc2cnc3nc(N)nc(N)c3c2)cc1. The summed E-state index contributed by atoms with van der Waals surface area (Å²) >= 11 is 0. The number of nitrogens with one attached hydrogen (secondary N) is 1. The van der Waals surface area contributed by atoms with Crippen molar-refractivity contribution in [1.29, 1.82) is 0 Å². The first kappa shape index (κ1) is 20.3. The van der Waals surface area contributed by atoms with Gasteiger partial charge in [0, 0.05) is 37.1 Å². The quantitative estimate of drug-likeness (QED) is 0.564. The second-order valence-electron chi connectivity index (χ2n) is 7.25. The van der Waals surface area contributed by atoms with Gasteiger partial charge in [-0.05, 0) is 49.2 Å². The first-order valence-corrected chi connectivity index (χ1v) is 9.67. The van der Waals surface area contributed by atoms with Crippen LogP contribution in [0.5, 0.6) is 0 Å². The molecule has 8 nitrogen and oxygen atoms in total. The maximum Gasteiger partial charge on any atom is 0.251 e. The summed E-state index contributed by atoms with van der Waals surface area (Å²) in [5.41, 5.74) is 14.7. The largest absolute Gasteiger partial charge is 0.383 e. The van der Waals surface area contributed by atoms with Gasteiger partial charge in [0.1, 0.15) is 5.82 Å². The highest BCUT2D eigenvalue weighted by atomic mass is 16.1. The van der Waals surface area contributed by atoms with Crippen LogP contribution in [0.4, 0.5) is 17.5 Å². The molecule has 0 bridgehead atoms. The number of carbonyl (C=O) groups excluding carboxylic acids is 1. The van der Waals surface area contributed by atoms with E-state index in [2.05, 4.69) is 32.1 Å². The van der Waals surface area contributed by atoms with E-state index in [-0.39, 0.29) is 17.9 Å². The molecule has 152 valence electrons. The second kappa shape index (κ2) is 8.72. The first-order chi connectivity index (χ1) is 13.9. The highest BCUT2D eigenvalue weighted by Crippen LogP contribution is 2.21. The van der Waals surface area contributed by atoms with Gasteiger partial charge in [-0.3, -0.25) is 4.79 Å². The summed E-state index contributed by atoms with van der Waals surface area (Å²) in [7, 11) is 1.98. The Kier molecular flexibility index (Phi) is 6.11. The van der Waals surface area contributed by atoms with Gasteiger partial charge in [0.25, 0.3) is 5.91 Å². The Morgan fingerprint density at radius 1 is 1.21 bits per heavy atom. The van der Waals surface area contributed by atoms with Crippen LogP contribution in [0.15, 0.2) is 36.5 Å². The second-order valence-corrected chi connectivity index (χ2v) is 7.25. The average molecular weight is 393 g/mol. The van der Waals surface area contributed by atoms with Gasteiger partial charge in [0.05, 0.1) is 5.39 Å². The maximum atomic E-state index is 12.3. The number of nitrogens with two attached hydrogens (primary N) is 2. The Bertz CT molecular complexity index is 1000. The molecule has 2 aromatic heterocycles. The molecule has 1 unspecified atom stereocenters. The van der Waals surface area contributed by atoms with Crippen molar-refractivity contribution in [2.45, 2.75) is 39.3 Å². The number of nitrogens with zero attached hydrogens (tertiary/aromatic N) is 4. The van der Waals surface area contributed by atoms with Crippen LogP contribution in [0.1, 0.15) is 42.6 Å². The van der Waals surface area contributed by atoms with Crippen LogP contribution >= 0.6 is 0 Å². The molecular weight excluding hydrogens is 366 g/mol. The highest BCUT2D eigenvalue weighted by Gasteiger charge is 2.11. The molecule has 1 aromatic carbocycles. The van der Waals surface area contributed by atoms with Crippen molar-refractivity contribution in [3.63, 3.8) is 0 Å². The third kappa shape index (κ3) is 4.90. The Balaban J connectivity index is 1.70. The van der Waals surface area contributed by atoms with E-state index in [0.717, 1.165) is 24.1 Å². The fourth-order valence-electron chi connectivity index (χ4n) is 3.23. The average Bonchev–Trinajstić information content (AvgIpc) is 2.68. The van der Waals surface area contributed by atoms with E-state index in [0.29, 0.717) is 29.0 Å². The van der Waals surface area contributed by atoms with Crippen molar-refractivity contribution in [2.24, 2.45) is 0 Å². The molecule has 2 heterocycles. The number of nitrogen functional groups attached to an aromatic ring is 2. The number of pyridine rings is 1. The molecule has 0 fully saturated rings. The number of benzene rings is 1. The number of fused-ring (bicyclic) bond motifs is 1. The fourth-order valence-corrected chi connectivity index (χ4v) is 3.23. The molecule has 3 rings (SSSR count). The molecule has 0 aliphatic rings. The van der Waals surface area contributed by atoms with E-state index in [1.54, 1.807) is 6.20 Å². The molecule has 29 heavy (non-hydrogen) atoms. The number of amides is 1. The van der Waals surface area contributed by atoms with Gasteiger partial charge in [0.15, 0.2) is 5.65 Å². The summed E-state index contributed by atoms with van der Waals surface area (Å²) in [6.07, 6.45) is 3.76. The van der Waals surface area contributed by atoms with Gasteiger partial charge in [-0.2, -0.15) is 9.97 Å². The zero-order valence-electron chi connectivity index (χ0n) is 17.0. The van der Waals surface area contributed by atoms with Crippen LogP contribution in [0.3, 0.4) is 0 Å². The Hall–Kier alpha value is -3.42. The molecule has 0 radical (unpaired) electrons. The minimum absolute atomic E-state index is 0.0476. The van der Waals surface area contributed by atoms with E-state index in [4.69, 9.17) is 11.5 Å². The number of carbonyl (C=O) groups is 1. The van der Waals surface area contributed by atoms with Crippen molar-refractivity contribution in [2.75, 3.05) is 23.4 Å². The van der Waals surface area contributed by atoms with Crippen molar-refractivity contribution in [3.05, 3.63) is 47.7 Å². The van der Waals surface area contributed by atoms with Crippen LogP contribution in [0.25, 0.3) is 11.0 Å². The van der Waals surface area contributed by atoms with Gasteiger partial charge in [-0.1, -0.05) is 13.3 Å². The van der Waals surface area contributed by atoms with Crippen LogP contribution in [0, 0.1) is 0 Å². The van der Waals surface area contributed by atoms with Gasteiger partial charge >= 0.3 is 0 Å². The molecule has 0 spiro atoms. The minimum atomic E-state index is -0.0476. The summed E-state index contributed by atoms with van der Waals surface area (Å²) < 4.78 is 0. The van der Waals surface area contributed by atoms with Gasteiger partial charge in [0.2, 0.25) is 5.95 Å². The normalized spacial score (nSPS) is 12.0. The number of hydrogen-bond donors (Lipinski definition) is 3. The molecule has 0 saturated heterocycles. The standard InChI is InChI=1S/C21H27N7O/c1-4-5-13(2)25-20(29)15-6-8-16(9-7-15)28(3)12-14-10-17-18(22)26-21(23)27-19(17)24-11-14/h6-11,13H,4-5,12H2,1-3H3,(H,25,29)(H4,22,23,24,26,27). The van der Waals surface area contributed by atoms with Gasteiger partial charge in [-0.15, -0.1) is 0 Å². The van der Waals surface area contributed by atoms with E-state index in [1.165, 1.54) is 0 Å². The summed E-state index contributed by atoms with van der Waals surface area (Å²) in [4.78, 5) is 26.8. The number of aromatic nitrogens is 3. The van der Waals surface area contributed by atoms with E-state index in [1.807, 2.05) is 44.3 Å². The molecule has 3 aromatic rings. The molecule has 1 amide bonds. The first-order valence-electron chi connectivity index (χ1n) is 9.67. The lowest BCUT2D eigenvalue weighted by atomic mass is 10.1. The van der Waals surface area contributed by atoms with Crippen LogP contribution in [-0.2, 0) is 6.54 Å². The lowest BCUT2D eigenvalue weighted by Crippen LogP contribution is -2.32. The predicted octanol–water partition coefficient (Wildman–Crippen LogP) is 2.74. The van der Waals surface area contributed by atoms with E-state index < -0.39 is 0 Å². The maximum absolute atomic E-state index is 12.3. The van der Waals surface area contributed by atoms with Crippen molar-refractivity contribution < 1.29 is 4.79 Å². The van der Waals surface area contributed by atoms with Crippen molar-refractivity contribution in [3.8, 4) is 0 Å². The highest BCUT2D eigenvalue weighted by molar-refractivity contribution is 5.94. The third-order valence-corrected chi connectivity index (χ3v) is 4.74. The molecular formula is C21H27N7O. The lowest BCUT2D eigenvalue weighted by molar-refractivity contribution is 0.0938. The van der Waals surface area contributed by atoms with Crippen molar-refractivity contribution >= 4 is 34.4 Å². The van der Waals surface area contributed by atoms with Gasteiger partial charge in [-0.25, -0.2) is 4.98 Å². The molecule has 1 atom stereocenters. The lowest BCUT2D eigenvalue weighted by Gasteiger charge is -2.20. The van der Waals surface area contributed by atoms with E-state index in [9.17, 15) is 4.79 Å². The fraction of sp³-hybridized carbons (Fsp3) is 0.333. The zero-order valence-corrected chi connectivity index (χ0v) is 17.0. The minimum Gasteiger partial charge on any atom is -0.383 e. The number of rotatable bonds is 7. The number of anilines is 3. The summed E-state index contributed by atoms with van der Waals surface area (Å²) in [6.45, 7) is 4.74. The van der Waals surface area contributed by atoms with Crippen molar-refractivity contribution in [1.82, 2.24) is 20.3 Å². The third-order valence-electron chi connectivity index (χ3n) is 4.74. The summed E-state index contributed by atoms with van der Waals surface area (Å²) in [5.74, 6) is 0.381. The Morgan fingerprint density at radius 2 is 1.93 bits per heavy atom. The number of hydrogen-bond acceptors (Lipinski definition) is 7. The summed E-state index contributed by atoms with van der Waals surface area (Å²) in [6, 6.07) is 9.64. The topological polar surface area (TPSA) is 123 Å². The molecule has 8 heteroatoms. The molecule has 5 N–H and O–H groups in total. The Labute approximate surface area is 170 Å². The Morgan fingerprint density at radius 3 is 2.62 bits per heavy atom. The molecule has 0 aliphatic heterocycles. The van der Waals surface area contributed by atoms with Crippen LogP contribution in [-0.4, -0.2) is 33.9 Å². The van der Waals surface area contributed by atoms with Crippen LogP contribution < -0.4 is 21.7 Å². The zero-order chi connectivity index (χ0) is 21.0. The monoisotopic (exact) mass is 393 g/mol.